The van der Waals surface area contributed by atoms with Crippen LogP contribution < -0.4 is 40.4 Å². The minimum absolute atomic E-state index is 0. The molecule has 0 amide bonds. The van der Waals surface area contributed by atoms with Crippen molar-refractivity contribution in [2.24, 2.45) is 0 Å². The molecule has 0 bridgehead atoms. The van der Waals surface area contributed by atoms with Crippen LogP contribution in [0.5, 0.6) is 0 Å². The molecule has 12 heavy (non-hydrogen) atoms. The van der Waals surface area contributed by atoms with Crippen LogP contribution >= 0.6 is 0 Å². The standard InChI is InChI=1S/C5H14N3O3.Na/c1-7(8(11)6-10)4-2-3-5-9;/h6,9,11H,2-5H2,1H3;/q-1;+1/p+1. The largest absolute Gasteiger partial charge is 1.00 e. The van der Waals surface area contributed by atoms with Crippen LogP contribution in [-0.4, -0.2) is 35.5 Å². The van der Waals surface area contributed by atoms with E-state index in [2.05, 4.69) is 0 Å². The number of rotatable bonds is 6. The second-order valence-electron chi connectivity index (χ2n) is 2.28. The Hall–Kier alpha value is 0.760. The summed E-state index contributed by atoms with van der Waals surface area (Å²) in [6, 6.07) is 0. The zero-order chi connectivity index (χ0) is 8.69. The quantitative estimate of drug-likeness (QED) is 0.190. The van der Waals surface area contributed by atoms with E-state index in [1.807, 2.05) is 0 Å². The van der Waals surface area contributed by atoms with Crippen LogP contribution in [0.25, 0.3) is 0 Å². The molecule has 1 atom stereocenters. The summed E-state index contributed by atoms with van der Waals surface area (Å²) in [6.07, 6.45) is 1.43. The molecule has 0 saturated heterocycles. The van der Waals surface area contributed by atoms with E-state index in [0.29, 0.717) is 13.0 Å². The van der Waals surface area contributed by atoms with Crippen LogP contribution in [0.1, 0.15) is 12.8 Å². The average Bonchev–Trinajstić information content (AvgIpc) is 2.03. The Labute approximate surface area is 93.9 Å². The Morgan fingerprint density at radius 3 is 2.50 bits per heavy atom. The first kappa shape index (κ1) is 15.2. The number of quaternary nitrogens is 1. The van der Waals surface area contributed by atoms with Gasteiger partial charge in [0.2, 0.25) is 0 Å². The van der Waals surface area contributed by atoms with E-state index in [4.69, 9.17) is 10.3 Å². The molecule has 6 nitrogen and oxygen atoms in total. The predicted molar refractivity (Wildman–Crippen MR) is 38.2 cm³/mol. The fraction of sp³-hybridized carbons (Fsp3) is 1.00. The van der Waals surface area contributed by atoms with Crippen LogP contribution in [0.2, 0.25) is 0 Å². The number of hydrogen-bond acceptors (Lipinski definition) is 5. The van der Waals surface area contributed by atoms with Crippen molar-refractivity contribution in [3.05, 3.63) is 5.21 Å². The van der Waals surface area contributed by atoms with Crippen molar-refractivity contribution < 1.29 is 45.2 Å². The number of unbranched alkanes of at least 4 members (excludes halogenated alkanes) is 1. The molecule has 0 aliphatic heterocycles. The molecular formula is C5H15N3NaO3+. The fourth-order valence-corrected chi connectivity index (χ4v) is 0.645. The first-order valence-corrected chi connectivity index (χ1v) is 3.48. The number of nitrogens with zero attached hydrogens (tertiary/aromatic N) is 1. The van der Waals surface area contributed by atoms with E-state index < -0.39 is 0 Å². The first-order chi connectivity index (χ1) is 5.22. The van der Waals surface area contributed by atoms with Gasteiger partial charge in [-0.3, -0.25) is 0 Å². The number of aliphatic hydroxyl groups is 1. The summed E-state index contributed by atoms with van der Waals surface area (Å²) < 4.78 is 0. The van der Waals surface area contributed by atoms with Crippen molar-refractivity contribution in [1.82, 2.24) is 10.6 Å². The SMILES string of the molecule is CN(CCCCO)[NH+](O)N[O-].[Na+]. The molecule has 4 N–H and O–H groups in total. The summed E-state index contributed by atoms with van der Waals surface area (Å²) in [5, 5.41) is 28.1. The molecule has 0 aliphatic carbocycles. The second-order valence-corrected chi connectivity index (χ2v) is 2.28. The summed E-state index contributed by atoms with van der Waals surface area (Å²) in [4.78, 5) is 0. The minimum Gasteiger partial charge on any atom is -0.738 e. The van der Waals surface area contributed by atoms with E-state index in [0.717, 1.165) is 6.42 Å². The Morgan fingerprint density at radius 1 is 1.50 bits per heavy atom. The van der Waals surface area contributed by atoms with Gasteiger partial charge in [0, 0.05) is 13.7 Å². The Bertz CT molecular complexity index is 98.0. The van der Waals surface area contributed by atoms with E-state index in [1.54, 1.807) is 7.05 Å². The van der Waals surface area contributed by atoms with E-state index in [-0.39, 0.29) is 41.4 Å². The molecule has 0 heterocycles. The van der Waals surface area contributed by atoms with Crippen LogP contribution in [0, 0.1) is 5.21 Å². The van der Waals surface area contributed by atoms with Gasteiger partial charge in [0.1, 0.15) is 0 Å². The summed E-state index contributed by atoms with van der Waals surface area (Å²) in [5.41, 5.74) is 1.38. The van der Waals surface area contributed by atoms with Gasteiger partial charge in [0.25, 0.3) is 0 Å². The molecule has 0 fully saturated rings. The third kappa shape index (κ3) is 7.41. The molecule has 0 saturated carbocycles. The van der Waals surface area contributed by atoms with E-state index in [1.165, 1.54) is 10.6 Å². The van der Waals surface area contributed by atoms with Crippen LogP contribution in [0.3, 0.4) is 0 Å². The number of nitrogens with one attached hydrogen (secondary N) is 2. The second kappa shape index (κ2) is 9.85. The predicted octanol–water partition coefficient (Wildman–Crippen LogP) is -5.11. The first-order valence-electron chi connectivity index (χ1n) is 3.48. The average molecular weight is 188 g/mol. The molecule has 0 spiro atoms. The summed E-state index contributed by atoms with van der Waals surface area (Å²) in [7, 11) is 1.59. The van der Waals surface area contributed by atoms with E-state index >= 15 is 0 Å². The monoisotopic (exact) mass is 188 g/mol. The Balaban J connectivity index is 0. The van der Waals surface area contributed by atoms with Crippen molar-refractivity contribution in [2.75, 3.05) is 20.2 Å². The number of aliphatic hydroxyl groups excluding tert-OH is 1. The molecule has 7 heteroatoms. The Morgan fingerprint density at radius 2 is 2.08 bits per heavy atom. The summed E-state index contributed by atoms with van der Waals surface area (Å²) in [6.45, 7) is 0.695. The van der Waals surface area contributed by atoms with Gasteiger partial charge in [-0.25, -0.2) is 0 Å². The van der Waals surface area contributed by atoms with Gasteiger partial charge >= 0.3 is 29.6 Å². The third-order valence-electron chi connectivity index (χ3n) is 1.35. The molecular weight excluding hydrogens is 173 g/mol. The minimum atomic E-state index is -0.386. The molecule has 0 aromatic rings. The van der Waals surface area contributed by atoms with Gasteiger partial charge in [-0.2, -0.15) is 10.8 Å². The molecule has 0 radical (unpaired) electrons. The van der Waals surface area contributed by atoms with Crippen LogP contribution in [0.4, 0.5) is 0 Å². The Kier molecular flexibility index (Phi) is 12.5. The maximum Gasteiger partial charge on any atom is 1.00 e. The topological polar surface area (TPSA) is 83.2 Å². The normalized spacial score (nSPS) is 12.8. The van der Waals surface area contributed by atoms with Gasteiger partial charge in [-0.15, -0.1) is 5.01 Å². The maximum absolute atomic E-state index is 9.88. The molecule has 0 aliphatic rings. The van der Waals surface area contributed by atoms with Crippen molar-refractivity contribution in [2.45, 2.75) is 12.8 Å². The van der Waals surface area contributed by atoms with Gasteiger partial charge in [0.15, 0.2) is 0 Å². The van der Waals surface area contributed by atoms with Crippen LogP contribution in [0.15, 0.2) is 0 Å². The molecule has 0 aromatic carbocycles. The third-order valence-corrected chi connectivity index (χ3v) is 1.35. The van der Waals surface area contributed by atoms with Gasteiger partial charge in [0.05, 0.1) is 6.54 Å². The summed E-state index contributed by atoms with van der Waals surface area (Å²) in [5.74, 6) is 0. The van der Waals surface area contributed by atoms with E-state index in [9.17, 15) is 5.21 Å². The van der Waals surface area contributed by atoms with Crippen molar-refractivity contribution >= 4 is 0 Å². The van der Waals surface area contributed by atoms with Crippen molar-refractivity contribution in [3.63, 3.8) is 0 Å². The van der Waals surface area contributed by atoms with Crippen LogP contribution in [-0.2, 0) is 0 Å². The van der Waals surface area contributed by atoms with Crippen molar-refractivity contribution in [1.29, 1.82) is 0 Å². The zero-order valence-electron chi connectivity index (χ0n) is 7.58. The van der Waals surface area contributed by atoms with Crippen molar-refractivity contribution in [3.8, 4) is 0 Å². The maximum atomic E-state index is 9.88. The molecule has 68 valence electrons. The smallest absolute Gasteiger partial charge is 0.738 e. The molecule has 0 rings (SSSR count). The molecule has 0 aromatic heterocycles. The molecule has 1 unspecified atom stereocenters. The fourth-order valence-electron chi connectivity index (χ4n) is 0.645. The summed E-state index contributed by atoms with van der Waals surface area (Å²) >= 11 is 0. The van der Waals surface area contributed by atoms with Gasteiger partial charge in [-0.05, 0) is 12.8 Å². The number of hydrogen-bond donors (Lipinski definition) is 4. The van der Waals surface area contributed by atoms with Gasteiger partial charge in [-0.1, -0.05) is 5.28 Å². The zero-order valence-corrected chi connectivity index (χ0v) is 9.58. The van der Waals surface area contributed by atoms with Gasteiger partial charge < -0.3 is 10.3 Å².